The van der Waals surface area contributed by atoms with Crippen LogP contribution in [0.15, 0.2) is 22.7 Å². The number of aromatic nitrogens is 2. The van der Waals surface area contributed by atoms with Crippen molar-refractivity contribution in [1.29, 1.82) is 0 Å². The molecule has 1 aliphatic heterocycles. The Kier molecular flexibility index (Phi) is 3.69. The van der Waals surface area contributed by atoms with Crippen molar-refractivity contribution >= 4 is 17.5 Å². The molecule has 0 saturated heterocycles. The van der Waals surface area contributed by atoms with E-state index in [-0.39, 0.29) is 18.4 Å². The van der Waals surface area contributed by atoms with Crippen molar-refractivity contribution in [3.63, 3.8) is 0 Å². The molecule has 2 aliphatic rings. The topological polar surface area (TPSA) is 77.3 Å². The zero-order valence-corrected chi connectivity index (χ0v) is 13.2. The van der Waals surface area contributed by atoms with Crippen molar-refractivity contribution < 1.29 is 14.1 Å². The van der Waals surface area contributed by atoms with Crippen LogP contribution in [0.5, 0.6) is 5.75 Å². The number of benzene rings is 1. The van der Waals surface area contributed by atoms with Gasteiger partial charge in [-0.25, -0.2) is 0 Å². The van der Waals surface area contributed by atoms with E-state index in [1.54, 1.807) is 6.07 Å². The molecule has 0 radical (unpaired) electrons. The van der Waals surface area contributed by atoms with Crippen LogP contribution in [0.4, 0.5) is 0 Å². The first-order valence-corrected chi connectivity index (χ1v) is 8.08. The Hall–Kier alpha value is -2.08. The van der Waals surface area contributed by atoms with E-state index < -0.39 is 0 Å². The lowest BCUT2D eigenvalue weighted by Gasteiger charge is -2.24. The molecule has 0 bridgehead atoms. The molecular weight excluding hydrogens is 318 g/mol. The molecule has 6 nitrogen and oxygen atoms in total. The average molecular weight is 334 g/mol. The largest absolute Gasteiger partial charge is 0.492 e. The Morgan fingerprint density at radius 2 is 2.26 bits per heavy atom. The van der Waals surface area contributed by atoms with Crippen molar-refractivity contribution in [3.05, 3.63) is 40.5 Å². The van der Waals surface area contributed by atoms with Gasteiger partial charge < -0.3 is 14.6 Å². The van der Waals surface area contributed by atoms with Gasteiger partial charge in [0.1, 0.15) is 12.4 Å². The van der Waals surface area contributed by atoms with Crippen LogP contribution in [-0.4, -0.2) is 22.7 Å². The van der Waals surface area contributed by atoms with Crippen molar-refractivity contribution in [2.45, 2.75) is 31.7 Å². The first kappa shape index (κ1) is 14.5. The summed E-state index contributed by atoms with van der Waals surface area (Å²) < 4.78 is 10.8. The molecular formula is C16H16ClN3O3. The standard InChI is InChI=1S/C16H16ClN3O3/c17-12-3-4-13-10(6-12)5-11(8-22-13)16(21)18-7-14-19-15(20-23-14)9-1-2-9/h3-4,6,9,11H,1-2,5,7-8H2,(H,18,21)/t11-/m1/s1. The Labute approximate surface area is 138 Å². The van der Waals surface area contributed by atoms with Crippen molar-refractivity contribution in [2.24, 2.45) is 5.92 Å². The summed E-state index contributed by atoms with van der Waals surface area (Å²) in [5, 5.41) is 7.42. The maximum absolute atomic E-state index is 12.3. The monoisotopic (exact) mass is 333 g/mol. The van der Waals surface area contributed by atoms with Gasteiger partial charge in [-0.1, -0.05) is 16.8 Å². The second-order valence-corrected chi connectivity index (χ2v) is 6.44. The third-order valence-electron chi connectivity index (χ3n) is 4.14. The number of ether oxygens (including phenoxy) is 1. The molecule has 1 saturated carbocycles. The Balaban J connectivity index is 1.35. The molecule has 4 rings (SSSR count). The third-order valence-corrected chi connectivity index (χ3v) is 4.37. The smallest absolute Gasteiger partial charge is 0.246 e. The molecule has 2 heterocycles. The zero-order chi connectivity index (χ0) is 15.8. The van der Waals surface area contributed by atoms with Crippen molar-refractivity contribution in [1.82, 2.24) is 15.5 Å². The predicted octanol–water partition coefficient (Wildman–Crippen LogP) is 2.47. The summed E-state index contributed by atoms with van der Waals surface area (Å²) in [4.78, 5) is 16.6. The SMILES string of the molecule is O=C(NCc1nc(C2CC2)no1)[C@H]1COc2ccc(Cl)cc2C1. The number of halogens is 1. The molecule has 1 N–H and O–H groups in total. The Bertz CT molecular complexity index is 742. The van der Waals surface area contributed by atoms with Gasteiger partial charge in [-0.3, -0.25) is 4.79 Å². The first-order chi connectivity index (χ1) is 11.2. The molecule has 0 unspecified atom stereocenters. The fraction of sp³-hybridized carbons (Fsp3) is 0.438. The van der Waals surface area contributed by atoms with Gasteiger partial charge in [0, 0.05) is 10.9 Å². The quantitative estimate of drug-likeness (QED) is 0.930. The van der Waals surface area contributed by atoms with Gasteiger partial charge in [-0.2, -0.15) is 4.98 Å². The Morgan fingerprint density at radius 1 is 1.39 bits per heavy atom. The molecule has 0 spiro atoms. The summed E-state index contributed by atoms with van der Waals surface area (Å²) in [5.74, 6) is 2.11. The summed E-state index contributed by atoms with van der Waals surface area (Å²) in [5.41, 5.74) is 0.956. The summed E-state index contributed by atoms with van der Waals surface area (Å²) in [7, 11) is 0. The molecule has 1 atom stereocenters. The van der Waals surface area contributed by atoms with E-state index in [0.29, 0.717) is 29.9 Å². The lowest BCUT2D eigenvalue weighted by molar-refractivity contribution is -0.126. The minimum absolute atomic E-state index is 0.0817. The summed E-state index contributed by atoms with van der Waals surface area (Å²) in [6.45, 7) is 0.606. The van der Waals surface area contributed by atoms with Gasteiger partial charge in [-0.15, -0.1) is 0 Å². The van der Waals surface area contributed by atoms with Gasteiger partial charge in [0.2, 0.25) is 11.8 Å². The van der Waals surface area contributed by atoms with Crippen LogP contribution in [0.1, 0.15) is 36.0 Å². The van der Waals surface area contributed by atoms with Crippen LogP contribution in [0.3, 0.4) is 0 Å². The van der Waals surface area contributed by atoms with E-state index in [9.17, 15) is 4.79 Å². The van der Waals surface area contributed by atoms with Crippen LogP contribution in [0.25, 0.3) is 0 Å². The van der Waals surface area contributed by atoms with Gasteiger partial charge in [-0.05, 0) is 43.0 Å². The fourth-order valence-corrected chi connectivity index (χ4v) is 2.88. The first-order valence-electron chi connectivity index (χ1n) is 7.70. The number of carbonyl (C=O) groups is 1. The zero-order valence-electron chi connectivity index (χ0n) is 12.4. The summed E-state index contributed by atoms with van der Waals surface area (Å²) >= 11 is 5.99. The van der Waals surface area contributed by atoms with Gasteiger partial charge >= 0.3 is 0 Å². The maximum atomic E-state index is 12.3. The normalized spacial score (nSPS) is 19.8. The molecule has 1 amide bonds. The van der Waals surface area contributed by atoms with Crippen LogP contribution in [0, 0.1) is 5.92 Å². The lowest BCUT2D eigenvalue weighted by atomic mass is 9.96. The second-order valence-electron chi connectivity index (χ2n) is 6.00. The minimum Gasteiger partial charge on any atom is -0.492 e. The number of nitrogens with one attached hydrogen (secondary N) is 1. The van der Waals surface area contributed by atoms with Crippen molar-refractivity contribution in [2.75, 3.05) is 6.61 Å². The van der Waals surface area contributed by atoms with E-state index in [4.69, 9.17) is 20.9 Å². The molecule has 23 heavy (non-hydrogen) atoms. The number of nitrogens with zero attached hydrogens (tertiary/aromatic N) is 2. The van der Waals surface area contributed by atoms with E-state index >= 15 is 0 Å². The molecule has 1 aromatic carbocycles. The highest BCUT2D eigenvalue weighted by molar-refractivity contribution is 6.30. The number of hydrogen-bond acceptors (Lipinski definition) is 5. The predicted molar refractivity (Wildman–Crippen MR) is 82.3 cm³/mol. The van der Waals surface area contributed by atoms with Gasteiger partial charge in [0.15, 0.2) is 5.82 Å². The molecule has 120 valence electrons. The number of hydrogen-bond donors (Lipinski definition) is 1. The van der Waals surface area contributed by atoms with Crippen molar-refractivity contribution in [3.8, 4) is 5.75 Å². The van der Waals surface area contributed by atoms with E-state index in [1.165, 1.54) is 0 Å². The summed E-state index contributed by atoms with van der Waals surface area (Å²) in [6.07, 6.45) is 2.85. The third kappa shape index (κ3) is 3.17. The second kappa shape index (κ2) is 5.85. The molecule has 7 heteroatoms. The molecule has 1 aromatic heterocycles. The highest BCUT2D eigenvalue weighted by Crippen LogP contribution is 2.38. The molecule has 1 aliphatic carbocycles. The van der Waals surface area contributed by atoms with E-state index in [1.807, 2.05) is 12.1 Å². The summed E-state index contributed by atoms with van der Waals surface area (Å²) in [6, 6.07) is 5.47. The fourth-order valence-electron chi connectivity index (χ4n) is 2.69. The van der Waals surface area contributed by atoms with E-state index in [2.05, 4.69) is 15.5 Å². The number of fused-ring (bicyclic) bond motifs is 1. The van der Waals surface area contributed by atoms with Gasteiger partial charge in [0.05, 0.1) is 12.5 Å². The maximum Gasteiger partial charge on any atom is 0.246 e. The number of rotatable bonds is 4. The van der Waals surface area contributed by atoms with Crippen LogP contribution < -0.4 is 10.1 Å². The van der Waals surface area contributed by atoms with Gasteiger partial charge in [0.25, 0.3) is 0 Å². The number of carbonyl (C=O) groups excluding carboxylic acids is 1. The molecule has 1 fully saturated rings. The lowest BCUT2D eigenvalue weighted by Crippen LogP contribution is -2.37. The van der Waals surface area contributed by atoms with Crippen LogP contribution in [-0.2, 0) is 17.8 Å². The Morgan fingerprint density at radius 3 is 3.09 bits per heavy atom. The number of amides is 1. The highest BCUT2D eigenvalue weighted by Gasteiger charge is 2.29. The van der Waals surface area contributed by atoms with E-state index in [0.717, 1.165) is 30.0 Å². The highest BCUT2D eigenvalue weighted by atomic mass is 35.5. The van der Waals surface area contributed by atoms with Crippen LogP contribution in [0.2, 0.25) is 5.02 Å². The molecule has 2 aromatic rings. The van der Waals surface area contributed by atoms with Crippen LogP contribution >= 0.6 is 11.6 Å². The average Bonchev–Trinajstić information content (AvgIpc) is 3.30. The minimum atomic E-state index is -0.244.